The van der Waals surface area contributed by atoms with Gasteiger partial charge in [0.05, 0.1) is 0 Å². The highest BCUT2D eigenvalue weighted by atomic mass is 15.1. The minimum Gasteiger partial charge on any atom is -0.313 e. The Kier molecular flexibility index (Phi) is 1.02. The first-order valence-electron chi connectivity index (χ1n) is 3.33. The van der Waals surface area contributed by atoms with Gasteiger partial charge in [0.2, 0.25) is 0 Å². The van der Waals surface area contributed by atoms with Gasteiger partial charge in [-0.05, 0) is 6.42 Å². The molecule has 0 amide bonds. The summed E-state index contributed by atoms with van der Waals surface area (Å²) >= 11 is 0. The van der Waals surface area contributed by atoms with Crippen LogP contribution in [0, 0.1) is 5.92 Å². The van der Waals surface area contributed by atoms with Gasteiger partial charge in [-0.1, -0.05) is 0 Å². The SMILES string of the molecule is C1CC2NCC2C[N]1. The Bertz CT molecular complexity index is 80.5. The van der Waals surface area contributed by atoms with Crippen LogP contribution in [-0.4, -0.2) is 25.7 Å². The molecule has 1 N–H and O–H groups in total. The van der Waals surface area contributed by atoms with Crippen molar-refractivity contribution in [3.8, 4) is 0 Å². The van der Waals surface area contributed by atoms with Gasteiger partial charge in [0.1, 0.15) is 0 Å². The van der Waals surface area contributed by atoms with Crippen molar-refractivity contribution in [3.05, 3.63) is 0 Å². The summed E-state index contributed by atoms with van der Waals surface area (Å²) in [4.78, 5) is 0. The van der Waals surface area contributed by atoms with E-state index >= 15 is 0 Å². The third-order valence-corrected chi connectivity index (χ3v) is 2.17. The lowest BCUT2D eigenvalue weighted by molar-refractivity contribution is 0.179. The predicted octanol–water partition coefficient (Wildman–Crippen LogP) is -0.417. The molecule has 0 saturated carbocycles. The maximum Gasteiger partial charge on any atom is 0.0188 e. The number of fused-ring (bicyclic) bond motifs is 1. The topological polar surface area (TPSA) is 26.1 Å². The summed E-state index contributed by atoms with van der Waals surface area (Å²) in [5, 5.41) is 7.71. The lowest BCUT2D eigenvalue weighted by Gasteiger charge is -2.41. The molecule has 0 aromatic carbocycles. The Morgan fingerprint density at radius 2 is 2.50 bits per heavy atom. The third kappa shape index (κ3) is 0.565. The van der Waals surface area contributed by atoms with E-state index in [9.17, 15) is 0 Å². The first-order valence-corrected chi connectivity index (χ1v) is 3.33. The molecule has 45 valence electrons. The van der Waals surface area contributed by atoms with E-state index in [0.29, 0.717) is 0 Å². The Labute approximate surface area is 49.7 Å². The molecule has 0 aromatic heterocycles. The van der Waals surface area contributed by atoms with Gasteiger partial charge in [-0.25, -0.2) is 5.32 Å². The number of rotatable bonds is 0. The molecule has 2 aliphatic heterocycles. The van der Waals surface area contributed by atoms with Crippen molar-refractivity contribution in [3.63, 3.8) is 0 Å². The van der Waals surface area contributed by atoms with Gasteiger partial charge in [0, 0.05) is 31.6 Å². The van der Waals surface area contributed by atoms with Crippen molar-refractivity contribution in [2.75, 3.05) is 19.6 Å². The minimum absolute atomic E-state index is 0.840. The van der Waals surface area contributed by atoms with E-state index in [-0.39, 0.29) is 0 Å². The Hall–Kier alpha value is -0.0800. The van der Waals surface area contributed by atoms with Crippen LogP contribution >= 0.6 is 0 Å². The van der Waals surface area contributed by atoms with Crippen molar-refractivity contribution in [1.29, 1.82) is 0 Å². The Morgan fingerprint density at radius 3 is 2.88 bits per heavy atom. The smallest absolute Gasteiger partial charge is 0.0188 e. The largest absolute Gasteiger partial charge is 0.313 e. The fraction of sp³-hybridized carbons (Fsp3) is 1.00. The number of nitrogens with one attached hydrogen (secondary N) is 1. The minimum atomic E-state index is 0.840. The quantitative estimate of drug-likeness (QED) is 0.451. The van der Waals surface area contributed by atoms with Gasteiger partial charge in [-0.2, -0.15) is 0 Å². The fourth-order valence-corrected chi connectivity index (χ4v) is 1.47. The summed E-state index contributed by atoms with van der Waals surface area (Å²) in [7, 11) is 0. The highest BCUT2D eigenvalue weighted by Crippen LogP contribution is 2.18. The molecule has 2 heterocycles. The van der Waals surface area contributed by atoms with Crippen LogP contribution in [0.4, 0.5) is 0 Å². The van der Waals surface area contributed by atoms with E-state index in [4.69, 9.17) is 0 Å². The number of hydrogen-bond donors (Lipinski definition) is 1. The molecule has 2 nitrogen and oxygen atoms in total. The van der Waals surface area contributed by atoms with Crippen molar-refractivity contribution >= 4 is 0 Å². The second kappa shape index (κ2) is 1.71. The van der Waals surface area contributed by atoms with Crippen LogP contribution in [0.1, 0.15) is 6.42 Å². The van der Waals surface area contributed by atoms with E-state index in [2.05, 4.69) is 10.6 Å². The Morgan fingerprint density at radius 1 is 1.50 bits per heavy atom. The fourth-order valence-electron chi connectivity index (χ4n) is 1.47. The summed E-state index contributed by atoms with van der Waals surface area (Å²) < 4.78 is 0. The predicted molar refractivity (Wildman–Crippen MR) is 31.8 cm³/mol. The van der Waals surface area contributed by atoms with E-state index in [1.54, 1.807) is 0 Å². The molecule has 0 spiro atoms. The van der Waals surface area contributed by atoms with Gasteiger partial charge < -0.3 is 5.32 Å². The molecule has 2 unspecified atom stereocenters. The van der Waals surface area contributed by atoms with Crippen LogP contribution < -0.4 is 10.6 Å². The van der Waals surface area contributed by atoms with Gasteiger partial charge in [-0.3, -0.25) is 0 Å². The van der Waals surface area contributed by atoms with Gasteiger partial charge in [-0.15, -0.1) is 0 Å². The molecular formula is C6H11N2. The normalized spacial score (nSPS) is 45.0. The Balaban J connectivity index is 1.92. The van der Waals surface area contributed by atoms with Gasteiger partial charge in [0.15, 0.2) is 0 Å². The van der Waals surface area contributed by atoms with E-state index < -0.39 is 0 Å². The molecule has 2 aliphatic rings. The summed E-state index contributed by atoms with van der Waals surface area (Å²) in [6.45, 7) is 3.43. The molecule has 2 rings (SSSR count). The van der Waals surface area contributed by atoms with E-state index in [1.807, 2.05) is 0 Å². The maximum absolute atomic E-state index is 4.32. The van der Waals surface area contributed by atoms with Crippen molar-refractivity contribution in [2.24, 2.45) is 5.92 Å². The standard InChI is InChI=1S/C6H11N2/c1-2-7-3-5-4-8-6(1)5/h5-6,8H,1-4H2. The summed E-state index contributed by atoms with van der Waals surface area (Å²) in [5.74, 6) is 0.906. The molecule has 2 fully saturated rings. The first-order chi connectivity index (χ1) is 3.97. The summed E-state index contributed by atoms with van der Waals surface area (Å²) in [5.41, 5.74) is 0. The lowest BCUT2D eigenvalue weighted by atomic mass is 9.86. The molecule has 2 heteroatoms. The molecule has 2 saturated heterocycles. The zero-order valence-electron chi connectivity index (χ0n) is 4.93. The molecule has 8 heavy (non-hydrogen) atoms. The molecule has 1 radical (unpaired) electrons. The number of piperidine rings is 1. The molecular weight excluding hydrogens is 100 g/mol. The molecule has 2 atom stereocenters. The van der Waals surface area contributed by atoms with Gasteiger partial charge >= 0.3 is 0 Å². The van der Waals surface area contributed by atoms with Crippen LogP contribution in [0.5, 0.6) is 0 Å². The van der Waals surface area contributed by atoms with Gasteiger partial charge in [0.25, 0.3) is 0 Å². The van der Waals surface area contributed by atoms with Crippen molar-refractivity contribution in [1.82, 2.24) is 10.6 Å². The second-order valence-electron chi connectivity index (χ2n) is 2.69. The zero-order chi connectivity index (χ0) is 5.40. The van der Waals surface area contributed by atoms with Crippen LogP contribution in [0.15, 0.2) is 0 Å². The molecule has 0 aliphatic carbocycles. The molecule has 0 bridgehead atoms. The van der Waals surface area contributed by atoms with E-state index in [1.165, 1.54) is 13.0 Å². The number of hydrogen-bond acceptors (Lipinski definition) is 1. The maximum atomic E-state index is 4.32. The number of nitrogens with zero attached hydrogens (tertiary/aromatic N) is 1. The van der Waals surface area contributed by atoms with Crippen LogP contribution in [-0.2, 0) is 0 Å². The summed E-state index contributed by atoms with van der Waals surface area (Å²) in [6, 6.07) is 0.840. The van der Waals surface area contributed by atoms with Crippen LogP contribution in [0.25, 0.3) is 0 Å². The highest BCUT2D eigenvalue weighted by molar-refractivity contribution is 4.92. The first kappa shape index (κ1) is 4.77. The average molecular weight is 111 g/mol. The van der Waals surface area contributed by atoms with Crippen LogP contribution in [0.2, 0.25) is 0 Å². The zero-order valence-corrected chi connectivity index (χ0v) is 4.93. The highest BCUT2D eigenvalue weighted by Gasteiger charge is 2.32. The monoisotopic (exact) mass is 111 g/mol. The lowest BCUT2D eigenvalue weighted by Crippen LogP contribution is -2.59. The summed E-state index contributed by atoms with van der Waals surface area (Å²) in [6.07, 6.45) is 1.28. The van der Waals surface area contributed by atoms with Crippen molar-refractivity contribution in [2.45, 2.75) is 12.5 Å². The second-order valence-corrected chi connectivity index (χ2v) is 2.69. The third-order valence-electron chi connectivity index (χ3n) is 2.17. The molecule has 0 aromatic rings. The van der Waals surface area contributed by atoms with E-state index in [0.717, 1.165) is 25.0 Å². The van der Waals surface area contributed by atoms with Crippen molar-refractivity contribution < 1.29 is 0 Å². The average Bonchev–Trinajstić information content (AvgIpc) is 1.72. The van der Waals surface area contributed by atoms with Crippen LogP contribution in [0.3, 0.4) is 0 Å².